The van der Waals surface area contributed by atoms with E-state index >= 15 is 0 Å². The summed E-state index contributed by atoms with van der Waals surface area (Å²) in [4.78, 5) is 33.9. The van der Waals surface area contributed by atoms with Crippen LogP contribution in [0.25, 0.3) is 0 Å². The van der Waals surface area contributed by atoms with Crippen LogP contribution in [0.15, 0.2) is 18.2 Å². The molecule has 164 valence electrons. The number of pyridine rings is 1. The summed E-state index contributed by atoms with van der Waals surface area (Å²) in [5.41, 5.74) is 3.62. The van der Waals surface area contributed by atoms with E-state index in [0.29, 0.717) is 31.1 Å². The molecule has 5 heterocycles. The van der Waals surface area contributed by atoms with Crippen molar-refractivity contribution < 1.29 is 14.3 Å². The van der Waals surface area contributed by atoms with E-state index in [1.54, 1.807) is 6.07 Å². The van der Waals surface area contributed by atoms with E-state index in [2.05, 4.69) is 10.1 Å². The third-order valence-electron chi connectivity index (χ3n) is 6.95. The van der Waals surface area contributed by atoms with Crippen LogP contribution in [0.4, 0.5) is 0 Å². The number of hydrogen-bond donors (Lipinski definition) is 0. The molecule has 8 heteroatoms. The highest BCUT2D eigenvalue weighted by Gasteiger charge is 2.43. The number of rotatable bonds is 2. The molecule has 0 atom stereocenters. The molecular weight excluding hydrogens is 394 g/mol. The maximum Gasteiger partial charge on any atom is 0.274 e. The number of carbonyl (C=O) groups is 2. The van der Waals surface area contributed by atoms with E-state index in [-0.39, 0.29) is 17.4 Å². The molecule has 2 amide bonds. The Morgan fingerprint density at radius 3 is 2.45 bits per heavy atom. The fourth-order valence-corrected chi connectivity index (χ4v) is 5.06. The summed E-state index contributed by atoms with van der Waals surface area (Å²) in [7, 11) is 1.92. The van der Waals surface area contributed by atoms with Gasteiger partial charge in [0.15, 0.2) is 5.69 Å². The molecule has 3 aliphatic rings. The molecule has 0 unspecified atom stereocenters. The highest BCUT2D eigenvalue weighted by atomic mass is 16.5. The minimum Gasteiger partial charge on any atom is -0.370 e. The first-order chi connectivity index (χ1) is 15.0. The van der Waals surface area contributed by atoms with E-state index < -0.39 is 0 Å². The van der Waals surface area contributed by atoms with Crippen molar-refractivity contribution in [2.75, 3.05) is 26.2 Å². The van der Waals surface area contributed by atoms with Gasteiger partial charge >= 0.3 is 0 Å². The molecule has 2 aromatic rings. The van der Waals surface area contributed by atoms with Gasteiger partial charge in [0.25, 0.3) is 11.8 Å². The van der Waals surface area contributed by atoms with Gasteiger partial charge in [0.05, 0.1) is 12.2 Å². The molecule has 2 aromatic heterocycles. The Morgan fingerprint density at radius 2 is 1.74 bits per heavy atom. The number of piperidine rings is 1. The zero-order valence-corrected chi connectivity index (χ0v) is 18.3. The van der Waals surface area contributed by atoms with Crippen LogP contribution < -0.4 is 0 Å². The van der Waals surface area contributed by atoms with Gasteiger partial charge in [0.2, 0.25) is 0 Å². The first-order valence-electron chi connectivity index (χ1n) is 11.2. The van der Waals surface area contributed by atoms with E-state index in [0.717, 1.165) is 62.1 Å². The SMILES string of the molecule is Cc1cccc(C(=O)N2CCC3(CC2)Cc2c(c(C(=O)N4CCCC4)nn2C)CO3)n1. The summed E-state index contributed by atoms with van der Waals surface area (Å²) in [6.45, 7) is 5.21. The second kappa shape index (κ2) is 7.75. The van der Waals surface area contributed by atoms with Gasteiger partial charge in [-0.15, -0.1) is 0 Å². The quantitative estimate of drug-likeness (QED) is 0.739. The first-order valence-corrected chi connectivity index (χ1v) is 11.2. The fraction of sp³-hybridized carbons (Fsp3) is 0.565. The monoisotopic (exact) mass is 423 g/mol. The Kier molecular flexibility index (Phi) is 5.04. The van der Waals surface area contributed by atoms with Crippen LogP contribution >= 0.6 is 0 Å². The molecule has 8 nitrogen and oxygen atoms in total. The molecule has 2 fully saturated rings. The first kappa shape index (κ1) is 20.2. The Labute approximate surface area is 182 Å². The van der Waals surface area contributed by atoms with Gasteiger partial charge < -0.3 is 14.5 Å². The van der Waals surface area contributed by atoms with Crippen LogP contribution in [0.3, 0.4) is 0 Å². The van der Waals surface area contributed by atoms with Crippen molar-refractivity contribution in [3.63, 3.8) is 0 Å². The molecule has 0 aromatic carbocycles. The van der Waals surface area contributed by atoms with Gasteiger partial charge in [-0.3, -0.25) is 14.3 Å². The Bertz CT molecular complexity index is 1020. The highest BCUT2D eigenvalue weighted by molar-refractivity contribution is 5.94. The summed E-state index contributed by atoms with van der Waals surface area (Å²) in [6.07, 6.45) is 4.39. The van der Waals surface area contributed by atoms with Gasteiger partial charge in [-0.2, -0.15) is 5.10 Å². The predicted octanol–water partition coefficient (Wildman–Crippen LogP) is 2.11. The molecule has 1 spiro atoms. The molecule has 3 aliphatic heterocycles. The van der Waals surface area contributed by atoms with Gasteiger partial charge in [-0.05, 0) is 44.7 Å². The minimum absolute atomic E-state index is 0.0194. The summed E-state index contributed by atoms with van der Waals surface area (Å²) in [6, 6.07) is 5.54. The summed E-state index contributed by atoms with van der Waals surface area (Å²) >= 11 is 0. The van der Waals surface area contributed by atoms with Crippen LogP contribution in [0.2, 0.25) is 0 Å². The zero-order valence-electron chi connectivity index (χ0n) is 18.3. The van der Waals surface area contributed by atoms with Crippen molar-refractivity contribution in [1.82, 2.24) is 24.6 Å². The van der Waals surface area contributed by atoms with Crippen LogP contribution in [0, 0.1) is 6.92 Å². The zero-order chi connectivity index (χ0) is 21.6. The highest BCUT2D eigenvalue weighted by Crippen LogP contribution is 2.37. The smallest absolute Gasteiger partial charge is 0.274 e. The lowest BCUT2D eigenvalue weighted by Gasteiger charge is -2.43. The Morgan fingerprint density at radius 1 is 1.03 bits per heavy atom. The lowest BCUT2D eigenvalue weighted by atomic mass is 9.83. The van der Waals surface area contributed by atoms with Crippen molar-refractivity contribution in [3.05, 3.63) is 46.5 Å². The number of fused-ring (bicyclic) bond motifs is 1. The minimum atomic E-state index is -0.300. The normalized spacial score (nSPS) is 20.2. The number of amides is 2. The topological polar surface area (TPSA) is 80.6 Å². The van der Waals surface area contributed by atoms with Gasteiger partial charge in [0, 0.05) is 56.6 Å². The van der Waals surface area contributed by atoms with Crippen molar-refractivity contribution in [1.29, 1.82) is 0 Å². The van der Waals surface area contributed by atoms with Crippen molar-refractivity contribution in [3.8, 4) is 0 Å². The van der Waals surface area contributed by atoms with Gasteiger partial charge in [0.1, 0.15) is 5.69 Å². The second-order valence-corrected chi connectivity index (χ2v) is 9.00. The number of ether oxygens (including phenoxy) is 1. The van der Waals surface area contributed by atoms with Crippen molar-refractivity contribution in [2.45, 2.75) is 51.2 Å². The van der Waals surface area contributed by atoms with Crippen LogP contribution in [-0.2, 0) is 24.8 Å². The predicted molar refractivity (Wildman–Crippen MR) is 114 cm³/mol. The van der Waals surface area contributed by atoms with Gasteiger partial charge in [-0.25, -0.2) is 4.98 Å². The average Bonchev–Trinajstić information content (AvgIpc) is 3.42. The lowest BCUT2D eigenvalue weighted by Crippen LogP contribution is -2.51. The molecule has 0 aliphatic carbocycles. The van der Waals surface area contributed by atoms with Crippen LogP contribution in [0.5, 0.6) is 0 Å². The molecule has 0 bridgehead atoms. The molecule has 0 saturated carbocycles. The maximum absolute atomic E-state index is 12.9. The van der Waals surface area contributed by atoms with Crippen molar-refractivity contribution >= 4 is 11.8 Å². The Hall–Kier alpha value is -2.74. The third-order valence-corrected chi connectivity index (χ3v) is 6.95. The van der Waals surface area contributed by atoms with Crippen LogP contribution in [0.1, 0.15) is 63.6 Å². The second-order valence-electron chi connectivity index (χ2n) is 9.00. The van der Waals surface area contributed by atoms with Crippen LogP contribution in [-0.4, -0.2) is 68.2 Å². The molecule has 2 saturated heterocycles. The average molecular weight is 424 g/mol. The van der Waals surface area contributed by atoms with Crippen molar-refractivity contribution in [2.24, 2.45) is 7.05 Å². The van der Waals surface area contributed by atoms with Gasteiger partial charge in [-0.1, -0.05) is 6.07 Å². The summed E-state index contributed by atoms with van der Waals surface area (Å²) < 4.78 is 8.23. The number of hydrogen-bond acceptors (Lipinski definition) is 5. The molecule has 31 heavy (non-hydrogen) atoms. The molecule has 0 N–H and O–H groups in total. The largest absolute Gasteiger partial charge is 0.370 e. The van der Waals surface area contributed by atoms with E-state index in [4.69, 9.17) is 4.74 Å². The number of aryl methyl sites for hydroxylation is 2. The molecule has 0 radical (unpaired) electrons. The summed E-state index contributed by atoms with van der Waals surface area (Å²) in [5.74, 6) is 0.00838. The fourth-order valence-electron chi connectivity index (χ4n) is 5.06. The Balaban J connectivity index is 1.29. The molecule has 5 rings (SSSR count). The number of likely N-dealkylation sites (tertiary alicyclic amines) is 2. The van der Waals surface area contributed by atoms with E-state index in [1.807, 2.05) is 40.6 Å². The third kappa shape index (κ3) is 3.63. The lowest BCUT2D eigenvalue weighted by molar-refractivity contribution is -0.0990. The number of carbonyl (C=O) groups excluding carboxylic acids is 2. The molecular formula is C23H29N5O3. The van der Waals surface area contributed by atoms with E-state index in [1.165, 1.54) is 0 Å². The maximum atomic E-state index is 12.9. The van der Waals surface area contributed by atoms with E-state index in [9.17, 15) is 9.59 Å². The standard InChI is InChI=1S/C23H29N5O3/c1-16-6-5-7-18(24-16)21(29)28-12-8-23(9-13-28)14-19-17(15-31-23)20(25-26(19)2)22(30)27-10-3-4-11-27/h5-7H,3-4,8-15H2,1-2H3. The number of aromatic nitrogens is 3. The number of nitrogens with zero attached hydrogens (tertiary/aromatic N) is 5. The summed E-state index contributed by atoms with van der Waals surface area (Å²) in [5, 5.41) is 4.58.